The number of carboxylic acid groups (broad SMARTS) is 1. The van der Waals surface area contributed by atoms with Crippen LogP contribution < -0.4 is 10.1 Å². The summed E-state index contributed by atoms with van der Waals surface area (Å²) in [6.45, 7) is 0. The Hall–Kier alpha value is -3.54. The van der Waals surface area contributed by atoms with E-state index in [1.165, 1.54) is 12.1 Å². The third-order valence-corrected chi connectivity index (χ3v) is 3.62. The third kappa shape index (κ3) is 3.69. The molecule has 1 heterocycles. The van der Waals surface area contributed by atoms with Crippen LogP contribution in [0.15, 0.2) is 66.9 Å². The smallest absolute Gasteiger partial charge is 0.337 e. The maximum Gasteiger partial charge on any atom is 0.337 e. The van der Waals surface area contributed by atoms with Crippen molar-refractivity contribution in [3.05, 3.63) is 78.1 Å². The fourth-order valence-electron chi connectivity index (χ4n) is 2.38. The summed E-state index contributed by atoms with van der Waals surface area (Å²) >= 11 is 0. The van der Waals surface area contributed by atoms with Crippen LogP contribution in [-0.2, 0) is 7.05 Å². The van der Waals surface area contributed by atoms with Crippen LogP contribution in [-0.4, -0.2) is 21.6 Å². The highest BCUT2D eigenvalue weighted by Crippen LogP contribution is 2.27. The van der Waals surface area contributed by atoms with Crippen molar-refractivity contribution in [3.8, 4) is 11.5 Å². The lowest BCUT2D eigenvalue weighted by Crippen LogP contribution is -2.17. The molecule has 0 radical (unpaired) electrons. The molecule has 0 spiro atoms. The normalized spacial score (nSPS) is 10.3. The summed E-state index contributed by atoms with van der Waals surface area (Å²) in [5.41, 5.74) is 0.584. The second kappa shape index (κ2) is 6.92. The number of hydrogen-bond donors (Lipinski definition) is 2. The highest BCUT2D eigenvalue weighted by atomic mass is 16.5. The first-order valence-corrected chi connectivity index (χ1v) is 7.57. The molecule has 126 valence electrons. The number of ether oxygens (including phenoxy) is 1. The maximum absolute atomic E-state index is 12.4. The molecule has 0 aliphatic carbocycles. The lowest BCUT2D eigenvalue weighted by Gasteiger charge is -2.12. The zero-order valence-corrected chi connectivity index (χ0v) is 13.5. The Kier molecular flexibility index (Phi) is 4.52. The molecule has 0 bridgehead atoms. The van der Waals surface area contributed by atoms with Gasteiger partial charge in [-0.25, -0.2) is 4.79 Å². The van der Waals surface area contributed by atoms with Crippen molar-refractivity contribution in [2.24, 2.45) is 7.05 Å². The van der Waals surface area contributed by atoms with Crippen molar-refractivity contribution in [1.29, 1.82) is 0 Å². The highest BCUT2D eigenvalue weighted by Gasteiger charge is 2.16. The molecule has 0 unspecified atom stereocenters. The second-order valence-electron chi connectivity index (χ2n) is 5.39. The van der Waals surface area contributed by atoms with Gasteiger partial charge in [0.1, 0.15) is 17.2 Å². The standard InChI is InChI=1S/C19H16N2O4/c1-21-11-5-8-17(21)18(22)20-16-12-14(9-10-15(16)19(23)24)25-13-6-3-2-4-7-13/h2-12H,1H3,(H,20,22)(H,23,24). The van der Waals surface area contributed by atoms with E-state index in [-0.39, 0.29) is 11.3 Å². The van der Waals surface area contributed by atoms with Gasteiger partial charge in [0.25, 0.3) is 5.91 Å². The van der Waals surface area contributed by atoms with Crippen molar-refractivity contribution in [2.45, 2.75) is 0 Å². The van der Waals surface area contributed by atoms with Gasteiger partial charge in [-0.3, -0.25) is 4.79 Å². The number of amides is 1. The van der Waals surface area contributed by atoms with Gasteiger partial charge >= 0.3 is 5.97 Å². The Morgan fingerprint density at radius 2 is 1.76 bits per heavy atom. The fourth-order valence-corrected chi connectivity index (χ4v) is 2.38. The number of anilines is 1. The van der Waals surface area contributed by atoms with Crippen LogP contribution in [0.4, 0.5) is 5.69 Å². The molecule has 1 aromatic heterocycles. The molecular formula is C19H16N2O4. The van der Waals surface area contributed by atoms with Gasteiger partial charge in [0, 0.05) is 19.3 Å². The van der Waals surface area contributed by atoms with Gasteiger partial charge < -0.3 is 19.7 Å². The van der Waals surface area contributed by atoms with Crippen molar-refractivity contribution in [2.75, 3.05) is 5.32 Å². The molecule has 2 N–H and O–H groups in total. The predicted molar refractivity (Wildman–Crippen MR) is 93.3 cm³/mol. The van der Waals surface area contributed by atoms with Crippen LogP contribution in [0.25, 0.3) is 0 Å². The van der Waals surface area contributed by atoms with Crippen LogP contribution in [0.5, 0.6) is 11.5 Å². The van der Waals surface area contributed by atoms with Crippen LogP contribution in [0.1, 0.15) is 20.8 Å². The maximum atomic E-state index is 12.4. The first-order chi connectivity index (χ1) is 12.0. The molecule has 0 fully saturated rings. The number of hydrogen-bond acceptors (Lipinski definition) is 3. The van der Waals surface area contributed by atoms with E-state index in [0.717, 1.165) is 0 Å². The van der Waals surface area contributed by atoms with Gasteiger partial charge in [-0.05, 0) is 36.4 Å². The highest BCUT2D eigenvalue weighted by molar-refractivity contribution is 6.07. The number of carbonyl (C=O) groups is 2. The van der Waals surface area contributed by atoms with Crippen LogP contribution in [0.2, 0.25) is 0 Å². The number of rotatable bonds is 5. The minimum Gasteiger partial charge on any atom is -0.478 e. The third-order valence-electron chi connectivity index (χ3n) is 3.62. The average Bonchev–Trinajstić information content (AvgIpc) is 3.02. The van der Waals surface area contributed by atoms with Crippen molar-refractivity contribution in [1.82, 2.24) is 4.57 Å². The van der Waals surface area contributed by atoms with E-state index in [9.17, 15) is 14.7 Å². The molecule has 6 nitrogen and oxygen atoms in total. The SMILES string of the molecule is Cn1cccc1C(=O)Nc1cc(Oc2ccccc2)ccc1C(=O)O. The zero-order valence-electron chi connectivity index (χ0n) is 13.5. The van der Waals surface area contributed by atoms with E-state index in [1.54, 1.807) is 48.1 Å². The monoisotopic (exact) mass is 336 g/mol. The van der Waals surface area contributed by atoms with Gasteiger partial charge in [0.15, 0.2) is 0 Å². The van der Waals surface area contributed by atoms with Crippen LogP contribution in [0.3, 0.4) is 0 Å². The largest absolute Gasteiger partial charge is 0.478 e. The Labute approximate surface area is 144 Å². The van der Waals surface area contributed by atoms with Crippen molar-refractivity contribution in [3.63, 3.8) is 0 Å². The van der Waals surface area contributed by atoms with E-state index in [0.29, 0.717) is 17.2 Å². The molecule has 2 aromatic carbocycles. The molecule has 3 aromatic rings. The molecule has 6 heteroatoms. The minimum atomic E-state index is -1.13. The van der Waals surface area contributed by atoms with E-state index in [2.05, 4.69) is 5.32 Å². The summed E-state index contributed by atoms with van der Waals surface area (Å²) in [7, 11) is 1.74. The van der Waals surface area contributed by atoms with Crippen molar-refractivity contribution < 1.29 is 19.4 Å². The number of aryl methyl sites for hydroxylation is 1. The first-order valence-electron chi connectivity index (χ1n) is 7.57. The van der Waals surface area contributed by atoms with Crippen LogP contribution >= 0.6 is 0 Å². The predicted octanol–water partition coefficient (Wildman–Crippen LogP) is 3.77. The number of aromatic carboxylic acids is 1. The zero-order chi connectivity index (χ0) is 17.8. The minimum absolute atomic E-state index is 0.0111. The lowest BCUT2D eigenvalue weighted by molar-refractivity contribution is 0.0698. The summed E-state index contributed by atoms with van der Waals surface area (Å²) in [5, 5.41) is 12.0. The molecule has 1 amide bonds. The number of carbonyl (C=O) groups excluding carboxylic acids is 1. The van der Waals surface area contributed by atoms with Gasteiger partial charge in [0.2, 0.25) is 0 Å². The quantitative estimate of drug-likeness (QED) is 0.743. The lowest BCUT2D eigenvalue weighted by atomic mass is 10.1. The molecule has 0 atom stereocenters. The molecule has 25 heavy (non-hydrogen) atoms. The van der Waals surface area contributed by atoms with Crippen LogP contribution in [0, 0.1) is 0 Å². The number of para-hydroxylation sites is 1. The first kappa shape index (κ1) is 16.3. The van der Waals surface area contributed by atoms with E-state index >= 15 is 0 Å². The summed E-state index contributed by atoms with van der Waals surface area (Å²) in [5.74, 6) is -0.482. The molecule has 0 aliphatic rings. The van der Waals surface area contributed by atoms with Gasteiger partial charge in [-0.2, -0.15) is 0 Å². The number of benzene rings is 2. The Morgan fingerprint density at radius 1 is 1.00 bits per heavy atom. The number of aromatic nitrogens is 1. The van der Waals surface area contributed by atoms with E-state index < -0.39 is 11.9 Å². The number of carboxylic acids is 1. The number of nitrogens with zero attached hydrogens (tertiary/aromatic N) is 1. The summed E-state index contributed by atoms with van der Waals surface area (Å²) in [6.07, 6.45) is 1.74. The molecule has 3 rings (SSSR count). The summed E-state index contributed by atoms with van der Waals surface area (Å²) in [4.78, 5) is 23.8. The average molecular weight is 336 g/mol. The molecule has 0 aliphatic heterocycles. The Balaban J connectivity index is 1.90. The van der Waals surface area contributed by atoms with E-state index in [1.807, 2.05) is 18.2 Å². The molecule has 0 saturated heterocycles. The van der Waals surface area contributed by atoms with E-state index in [4.69, 9.17) is 4.74 Å². The van der Waals surface area contributed by atoms with Gasteiger partial charge in [0.05, 0.1) is 11.3 Å². The summed E-state index contributed by atoms with van der Waals surface area (Å²) in [6, 6.07) is 16.9. The van der Waals surface area contributed by atoms with Crippen molar-refractivity contribution >= 4 is 17.6 Å². The number of nitrogens with one attached hydrogen (secondary N) is 1. The second-order valence-corrected chi connectivity index (χ2v) is 5.39. The molecular weight excluding hydrogens is 320 g/mol. The Morgan fingerprint density at radius 3 is 2.40 bits per heavy atom. The fraction of sp³-hybridized carbons (Fsp3) is 0.0526. The van der Waals surface area contributed by atoms with Gasteiger partial charge in [-0.1, -0.05) is 18.2 Å². The Bertz CT molecular complexity index is 916. The topological polar surface area (TPSA) is 80.6 Å². The summed E-state index contributed by atoms with van der Waals surface area (Å²) < 4.78 is 7.35. The van der Waals surface area contributed by atoms with Gasteiger partial charge in [-0.15, -0.1) is 0 Å². The molecule has 0 saturated carbocycles.